The number of nitrogens with two attached hydrogens (primary N) is 1. The maximum Gasteiger partial charge on any atom is 0.123 e. The van der Waals surface area contributed by atoms with Crippen molar-refractivity contribution in [1.82, 2.24) is 0 Å². The molecule has 2 aromatic rings. The Morgan fingerprint density at radius 1 is 0.800 bits per heavy atom. The van der Waals surface area contributed by atoms with Crippen molar-refractivity contribution in [2.24, 2.45) is 10.2 Å². The smallest absolute Gasteiger partial charge is 0.123 e. The molecule has 0 aliphatic rings. The molecule has 102 valence electrons. The van der Waals surface area contributed by atoms with Gasteiger partial charge in [-0.3, -0.25) is 0 Å². The van der Waals surface area contributed by atoms with Crippen LogP contribution in [0.2, 0.25) is 0 Å². The highest BCUT2D eigenvalue weighted by atomic mass is 19.1. The van der Waals surface area contributed by atoms with E-state index in [0.29, 0.717) is 5.69 Å². The summed E-state index contributed by atoms with van der Waals surface area (Å²) in [4.78, 5) is 0. The first kappa shape index (κ1) is 13.9. The lowest BCUT2D eigenvalue weighted by atomic mass is 10.1. The number of nitrogens with zero attached hydrogens (tertiary/aromatic N) is 2. The molecule has 0 atom stereocenters. The number of nitrogen functional groups attached to an aromatic ring is 1. The van der Waals surface area contributed by atoms with Gasteiger partial charge in [-0.1, -0.05) is 24.3 Å². The van der Waals surface area contributed by atoms with Gasteiger partial charge in [-0.15, -0.1) is 0 Å². The molecular formula is C16H16FN3. The molecular weight excluding hydrogens is 253 g/mol. The van der Waals surface area contributed by atoms with Crippen LogP contribution in [0.1, 0.15) is 25.0 Å². The summed E-state index contributed by atoms with van der Waals surface area (Å²) in [7, 11) is 0. The van der Waals surface area contributed by atoms with Gasteiger partial charge >= 0.3 is 0 Å². The minimum atomic E-state index is -0.261. The number of benzene rings is 2. The summed E-state index contributed by atoms with van der Waals surface area (Å²) in [5.41, 5.74) is 9.70. The Labute approximate surface area is 117 Å². The van der Waals surface area contributed by atoms with Crippen LogP contribution < -0.4 is 5.73 Å². The van der Waals surface area contributed by atoms with E-state index in [1.54, 1.807) is 12.1 Å². The molecule has 0 radical (unpaired) electrons. The number of anilines is 1. The highest BCUT2D eigenvalue weighted by molar-refractivity contribution is 6.01. The van der Waals surface area contributed by atoms with E-state index in [1.165, 1.54) is 12.1 Å². The van der Waals surface area contributed by atoms with E-state index in [1.807, 2.05) is 38.1 Å². The lowest BCUT2D eigenvalue weighted by Crippen LogP contribution is -1.97. The summed E-state index contributed by atoms with van der Waals surface area (Å²) < 4.78 is 12.8. The number of rotatable bonds is 3. The van der Waals surface area contributed by atoms with Gasteiger partial charge in [0.25, 0.3) is 0 Å². The topological polar surface area (TPSA) is 50.7 Å². The molecule has 0 saturated carbocycles. The van der Waals surface area contributed by atoms with Gasteiger partial charge in [0.2, 0.25) is 0 Å². The molecule has 0 aliphatic carbocycles. The maximum atomic E-state index is 12.8. The van der Waals surface area contributed by atoms with Crippen molar-refractivity contribution in [1.29, 1.82) is 0 Å². The van der Waals surface area contributed by atoms with Crippen molar-refractivity contribution in [2.45, 2.75) is 13.8 Å². The van der Waals surface area contributed by atoms with E-state index in [2.05, 4.69) is 10.2 Å². The summed E-state index contributed by atoms with van der Waals surface area (Å²) in [5.74, 6) is -0.261. The van der Waals surface area contributed by atoms with E-state index in [0.717, 1.165) is 22.6 Å². The molecule has 20 heavy (non-hydrogen) atoms. The average molecular weight is 269 g/mol. The Balaban J connectivity index is 2.19. The van der Waals surface area contributed by atoms with Gasteiger partial charge in [-0.05, 0) is 49.2 Å². The zero-order chi connectivity index (χ0) is 14.5. The van der Waals surface area contributed by atoms with Crippen LogP contribution in [-0.2, 0) is 0 Å². The van der Waals surface area contributed by atoms with Crippen LogP contribution in [0.5, 0.6) is 0 Å². The van der Waals surface area contributed by atoms with Gasteiger partial charge in [0.15, 0.2) is 0 Å². The zero-order valence-corrected chi connectivity index (χ0v) is 11.5. The fraction of sp³-hybridized carbons (Fsp3) is 0.125. The largest absolute Gasteiger partial charge is 0.399 e. The second kappa shape index (κ2) is 6.10. The molecule has 0 heterocycles. The third-order valence-corrected chi connectivity index (χ3v) is 2.94. The van der Waals surface area contributed by atoms with Crippen LogP contribution in [0.25, 0.3) is 0 Å². The molecule has 0 aromatic heterocycles. The number of halogens is 1. The molecule has 2 N–H and O–H groups in total. The molecule has 0 fully saturated rings. The van der Waals surface area contributed by atoms with Crippen LogP contribution >= 0.6 is 0 Å². The fourth-order valence-electron chi connectivity index (χ4n) is 1.68. The number of hydrogen-bond donors (Lipinski definition) is 1. The van der Waals surface area contributed by atoms with Gasteiger partial charge < -0.3 is 5.73 Å². The summed E-state index contributed by atoms with van der Waals surface area (Å²) >= 11 is 0. The number of hydrogen-bond acceptors (Lipinski definition) is 3. The molecule has 2 aromatic carbocycles. The zero-order valence-electron chi connectivity index (χ0n) is 11.5. The van der Waals surface area contributed by atoms with Crippen molar-refractivity contribution in [3.63, 3.8) is 0 Å². The molecule has 3 nitrogen and oxygen atoms in total. The Bertz CT molecular complexity index is 581. The van der Waals surface area contributed by atoms with E-state index >= 15 is 0 Å². The normalized spacial score (nSPS) is 12.6. The van der Waals surface area contributed by atoms with Crippen LogP contribution in [0.3, 0.4) is 0 Å². The Morgan fingerprint density at radius 3 is 1.65 bits per heavy atom. The third-order valence-electron chi connectivity index (χ3n) is 2.94. The molecule has 0 amide bonds. The molecule has 0 bridgehead atoms. The highest BCUT2D eigenvalue weighted by Crippen LogP contribution is 2.08. The van der Waals surface area contributed by atoms with Crippen LogP contribution in [0.15, 0.2) is 58.7 Å². The Kier molecular flexibility index (Phi) is 4.25. The monoisotopic (exact) mass is 269 g/mol. The maximum absolute atomic E-state index is 12.8. The van der Waals surface area contributed by atoms with Crippen molar-refractivity contribution in [3.05, 3.63) is 65.5 Å². The average Bonchev–Trinajstić information content (AvgIpc) is 2.46. The van der Waals surface area contributed by atoms with Crippen molar-refractivity contribution in [2.75, 3.05) is 5.73 Å². The lowest BCUT2D eigenvalue weighted by molar-refractivity contribution is 0.628. The van der Waals surface area contributed by atoms with E-state index in [9.17, 15) is 4.39 Å². The predicted octanol–water partition coefficient (Wildman–Crippen LogP) is 3.64. The van der Waals surface area contributed by atoms with E-state index in [-0.39, 0.29) is 5.82 Å². The van der Waals surface area contributed by atoms with E-state index < -0.39 is 0 Å². The SMILES string of the molecule is CC(=NN=C(C)c1ccc(F)cc1)c1ccc(N)cc1. The minimum Gasteiger partial charge on any atom is -0.399 e. The van der Waals surface area contributed by atoms with Gasteiger partial charge in [0.05, 0.1) is 11.4 Å². The second-order valence-corrected chi connectivity index (χ2v) is 4.50. The quantitative estimate of drug-likeness (QED) is 0.516. The summed E-state index contributed by atoms with van der Waals surface area (Å²) in [5, 5.41) is 8.37. The van der Waals surface area contributed by atoms with Gasteiger partial charge in [-0.25, -0.2) is 4.39 Å². The molecule has 0 unspecified atom stereocenters. The van der Waals surface area contributed by atoms with Gasteiger partial charge in [-0.2, -0.15) is 10.2 Å². The van der Waals surface area contributed by atoms with E-state index in [4.69, 9.17) is 5.73 Å². The van der Waals surface area contributed by atoms with Crippen LogP contribution in [0, 0.1) is 5.82 Å². The molecule has 0 spiro atoms. The molecule has 4 heteroatoms. The summed E-state index contributed by atoms with van der Waals surface area (Å²) in [6.45, 7) is 3.72. The Morgan fingerprint density at radius 2 is 1.20 bits per heavy atom. The second-order valence-electron chi connectivity index (χ2n) is 4.50. The predicted molar refractivity (Wildman–Crippen MR) is 81.7 cm³/mol. The van der Waals surface area contributed by atoms with Gasteiger partial charge in [0.1, 0.15) is 5.82 Å². The molecule has 0 saturated heterocycles. The highest BCUT2D eigenvalue weighted by Gasteiger charge is 1.99. The minimum absolute atomic E-state index is 0.261. The summed E-state index contributed by atoms with van der Waals surface area (Å²) in [6.07, 6.45) is 0. The first-order valence-corrected chi connectivity index (χ1v) is 6.27. The molecule has 0 aliphatic heterocycles. The van der Waals surface area contributed by atoms with Crippen LogP contribution in [0.4, 0.5) is 10.1 Å². The first-order chi connectivity index (χ1) is 9.56. The van der Waals surface area contributed by atoms with Crippen LogP contribution in [-0.4, -0.2) is 11.4 Å². The Hall–Kier alpha value is -2.49. The third kappa shape index (κ3) is 3.51. The van der Waals surface area contributed by atoms with Crippen molar-refractivity contribution in [3.8, 4) is 0 Å². The summed E-state index contributed by atoms with van der Waals surface area (Å²) in [6, 6.07) is 13.6. The first-order valence-electron chi connectivity index (χ1n) is 6.27. The van der Waals surface area contributed by atoms with Gasteiger partial charge in [0, 0.05) is 5.69 Å². The van der Waals surface area contributed by atoms with Crippen molar-refractivity contribution >= 4 is 17.1 Å². The molecule has 2 rings (SSSR count). The van der Waals surface area contributed by atoms with Crippen molar-refractivity contribution < 1.29 is 4.39 Å². The standard InChI is InChI=1S/C16H16FN3/c1-11(13-3-7-15(17)8-4-13)19-20-12(2)14-5-9-16(18)10-6-14/h3-10H,18H2,1-2H3. The fourth-order valence-corrected chi connectivity index (χ4v) is 1.68. The lowest BCUT2D eigenvalue weighted by Gasteiger charge is -2.01.